The van der Waals surface area contributed by atoms with Gasteiger partial charge in [0.25, 0.3) is 0 Å². The highest BCUT2D eigenvalue weighted by atomic mass is 32.3. The number of carboxylic acid groups (broad SMARTS) is 2. The van der Waals surface area contributed by atoms with Gasteiger partial charge in [-0.3, -0.25) is 36.4 Å². The third-order valence-corrected chi connectivity index (χ3v) is 16.2. The van der Waals surface area contributed by atoms with Crippen LogP contribution in [0, 0.1) is 0 Å². The Balaban J connectivity index is 1.59. The predicted octanol–water partition coefficient (Wildman–Crippen LogP) is -14.4. The number of aliphatic hydroxyl groups is 7. The average molecular weight is 1490 g/mol. The molecular weight excluding hydrogens is 1440 g/mol. The molecule has 0 radical (unpaired) electrons. The van der Waals surface area contributed by atoms with Crippen LogP contribution in [0.25, 0.3) is 0 Å². The molecule has 25 atom stereocenters. The minimum absolute atomic E-state index is 1.09. The summed E-state index contributed by atoms with van der Waals surface area (Å²) in [7, 11) is -46.7. The lowest BCUT2D eigenvalue weighted by Gasteiger charge is -2.50. The van der Waals surface area contributed by atoms with E-state index in [0.717, 1.165) is 4.72 Å². The molecule has 5 aliphatic heterocycles. The third-order valence-electron chi connectivity index (χ3n) is 12.2. The molecule has 0 spiro atoms. The Morgan fingerprint density at radius 3 is 1.14 bits per heavy atom. The fourth-order valence-corrected chi connectivity index (χ4v) is 12.5. The minimum atomic E-state index is -6.36. The number of aliphatic hydroxyl groups excluding tert-OH is 7. The number of aliphatic carboxylic acids is 2. The second kappa shape index (κ2) is 29.3. The smallest absolute Gasteiger partial charge is 0.397 e. The van der Waals surface area contributed by atoms with Gasteiger partial charge >= 0.3 is 94.8 Å². The zero-order chi connectivity index (χ0) is 68.7. The number of carbonyl (C=O) groups is 2. The second-order valence-electron chi connectivity index (χ2n) is 18.5. The molecule has 0 aliphatic carbocycles. The number of nitrogens with one attached hydrogen (secondary N) is 3. The molecular formula is C30H51N3O49S8. The van der Waals surface area contributed by atoms with E-state index in [9.17, 15) is 150 Å². The highest BCUT2D eigenvalue weighted by Gasteiger charge is 2.61. The maximum Gasteiger partial charge on any atom is 0.397 e. The van der Waals surface area contributed by atoms with Crippen molar-refractivity contribution in [2.24, 2.45) is 0 Å². The number of carboxylic acids is 2. The van der Waals surface area contributed by atoms with Crippen LogP contribution >= 0.6 is 0 Å². The van der Waals surface area contributed by atoms with Crippen molar-refractivity contribution in [3.63, 3.8) is 0 Å². The highest BCUT2D eigenvalue weighted by Crippen LogP contribution is 2.38. The van der Waals surface area contributed by atoms with E-state index in [1.165, 1.54) is 9.44 Å². The number of rotatable bonds is 29. The fraction of sp³-hybridized carbons (Fsp3) is 0.933. The third kappa shape index (κ3) is 22.4. The Bertz CT molecular complexity index is 3470. The van der Waals surface area contributed by atoms with Crippen LogP contribution in [0.15, 0.2) is 0 Å². The predicted molar refractivity (Wildman–Crippen MR) is 257 cm³/mol. The molecule has 2 unspecified atom stereocenters. The molecule has 60 heteroatoms. The maximum absolute atomic E-state index is 12.9. The number of ether oxygens (including phenoxy) is 9. The molecule has 5 rings (SSSR count). The molecule has 528 valence electrons. The zero-order valence-corrected chi connectivity index (χ0v) is 49.5. The van der Waals surface area contributed by atoms with Crippen LogP contribution < -0.4 is 14.2 Å². The first-order chi connectivity index (χ1) is 40.6. The van der Waals surface area contributed by atoms with Gasteiger partial charge in [0.2, 0.25) is 0 Å². The van der Waals surface area contributed by atoms with Gasteiger partial charge in [-0.1, -0.05) is 0 Å². The van der Waals surface area contributed by atoms with Gasteiger partial charge in [-0.2, -0.15) is 81.5 Å². The van der Waals surface area contributed by atoms with Gasteiger partial charge < -0.3 is 88.6 Å². The lowest BCUT2D eigenvalue weighted by atomic mass is 9.94. The first-order valence-electron chi connectivity index (χ1n) is 23.2. The normalized spacial score (nSPS) is 38.9. The van der Waals surface area contributed by atoms with Gasteiger partial charge in [0.05, 0.1) is 19.8 Å². The van der Waals surface area contributed by atoms with E-state index >= 15 is 0 Å². The summed E-state index contributed by atoms with van der Waals surface area (Å²) in [4.78, 5) is 25.7. The summed E-state index contributed by atoms with van der Waals surface area (Å²) in [6.07, 6.45) is -64.7. The van der Waals surface area contributed by atoms with Crippen LogP contribution in [0.1, 0.15) is 0 Å². The molecule has 0 aromatic heterocycles. The van der Waals surface area contributed by atoms with Crippen LogP contribution in [0.4, 0.5) is 0 Å². The average Bonchev–Trinajstić information content (AvgIpc) is 0.774. The number of hydrogen-bond donors (Lipinski definition) is 20. The summed E-state index contributed by atoms with van der Waals surface area (Å²) < 4.78 is 339. The summed E-state index contributed by atoms with van der Waals surface area (Å²) in [6, 6.07) is -8.42. The quantitative estimate of drug-likeness (QED) is 0.0309. The van der Waals surface area contributed by atoms with Crippen molar-refractivity contribution in [2.75, 3.05) is 19.8 Å². The number of hydrogen-bond acceptors (Lipinski definition) is 39. The van der Waals surface area contributed by atoms with Gasteiger partial charge in [0.15, 0.2) is 49.8 Å². The summed E-state index contributed by atoms with van der Waals surface area (Å²) in [5.74, 6) is -4.94. The Morgan fingerprint density at radius 1 is 0.333 bits per heavy atom. The highest BCUT2D eigenvalue weighted by molar-refractivity contribution is 7.84. The minimum Gasteiger partial charge on any atom is -0.479 e. The summed E-state index contributed by atoms with van der Waals surface area (Å²) in [5.41, 5.74) is 0. The van der Waals surface area contributed by atoms with Crippen LogP contribution in [-0.4, -0.2) is 335 Å². The van der Waals surface area contributed by atoms with Crippen molar-refractivity contribution < 1.29 is 223 Å². The van der Waals surface area contributed by atoms with E-state index in [-0.39, 0.29) is 0 Å². The first kappa shape index (κ1) is 78.0. The van der Waals surface area contributed by atoms with E-state index in [1.54, 1.807) is 0 Å². The standard InChI is InChI=1S/C30H51N3O49S8/c34-10-4(1-69-86(54,55)56)73-27(8(11(10)35)32-84(48,49)50)77-19-13(37)14(38)29(79-22(19)24(40)41)76-17-6(3-71-88(60,61)62)74-28(9(33-85(51,52)53)18(17)81-89(63,64)65)78-20-15(39)21(82-90(66,67)68)30(80-23(20)25(42)43)75-16-5(2-70-87(57,58)59)72-26(44)7(12(16)36)31-83(45,46)47/h4-23,26-39,44H,1-3H2,(H,40,41)(H,42,43)(H,45,46,47)(H,48,49,50)(H,51,52,53)(H,54,55,56)(H,57,58,59)(H,60,61,62)(H,63,64,65)(H,66,67,68)/t4-,5-,6-,7-,8-,9-,10-,11-,12-,13-,14-,15+,16-,17-,18-,19+,20+,21?,22+,23-,26+,27-,28-,29?,30-/m1/s1. The monoisotopic (exact) mass is 1490 g/mol. The molecule has 0 amide bonds. The molecule has 90 heavy (non-hydrogen) atoms. The molecule has 5 aliphatic rings. The Morgan fingerprint density at radius 2 is 0.700 bits per heavy atom. The van der Waals surface area contributed by atoms with Gasteiger partial charge in [-0.05, 0) is 0 Å². The molecule has 20 N–H and O–H groups in total. The van der Waals surface area contributed by atoms with E-state index in [1.807, 2.05) is 0 Å². The van der Waals surface area contributed by atoms with Crippen molar-refractivity contribution in [3.8, 4) is 0 Å². The SMILES string of the molecule is O=C(O)[C@H]1OC(O[C@H]2[C@H](OS(=O)(=O)O)[C@@H](NS(=O)(=O)O)[C@@H](O[C@H]3[C@H](O)C(OS(=O)(=O)O)[C@H](O[C@H]4[C@H](O)[C@@H](NS(=O)(=O)O)[C@@H](O)O[C@@H]4COS(=O)(=O)O)O[C@H]3C(=O)O)O[C@@H]2COS(=O)(=O)O)[C@H](O)[C@@H](O)[C@@H]1O[C@H]1O[C@H](COS(=O)(=O)O)[C@@H](O)[C@H](O)[C@H]1NS(=O)(=O)O. The summed E-state index contributed by atoms with van der Waals surface area (Å²) >= 11 is 0. The molecule has 0 bridgehead atoms. The lowest BCUT2D eigenvalue weighted by molar-refractivity contribution is -0.372. The Kier molecular flexibility index (Phi) is 25.4. The molecule has 0 aromatic rings. The topological polar surface area (TPSA) is 816 Å². The van der Waals surface area contributed by atoms with E-state index in [4.69, 9.17) is 51.7 Å². The fourth-order valence-electron chi connectivity index (χ4n) is 8.80. The summed E-state index contributed by atoms with van der Waals surface area (Å²) in [5, 5.41) is 97.8. The van der Waals surface area contributed by atoms with Gasteiger partial charge in [0.1, 0.15) is 104 Å². The van der Waals surface area contributed by atoms with Crippen molar-refractivity contribution in [3.05, 3.63) is 0 Å². The lowest BCUT2D eigenvalue weighted by Crippen LogP contribution is -2.71. The second-order valence-corrected chi connectivity index (χ2v) is 27.4. The van der Waals surface area contributed by atoms with Gasteiger partial charge in [0, 0.05) is 0 Å². The molecule has 52 nitrogen and oxygen atoms in total. The molecule has 5 heterocycles. The van der Waals surface area contributed by atoms with Gasteiger partial charge in [-0.25, -0.2) is 30.5 Å². The van der Waals surface area contributed by atoms with Crippen LogP contribution in [0.3, 0.4) is 0 Å². The first-order valence-corrected chi connectivity index (χ1v) is 34.3. The summed E-state index contributed by atoms with van der Waals surface area (Å²) in [6.45, 7) is -5.16. The molecule has 0 saturated carbocycles. The van der Waals surface area contributed by atoms with Crippen molar-refractivity contribution >= 4 is 94.8 Å². The van der Waals surface area contributed by atoms with Crippen LogP contribution in [0.5, 0.6) is 0 Å². The van der Waals surface area contributed by atoms with Crippen LogP contribution in [-0.2, 0) is 156 Å². The van der Waals surface area contributed by atoms with Crippen LogP contribution in [0.2, 0.25) is 0 Å². The van der Waals surface area contributed by atoms with Crippen molar-refractivity contribution in [1.29, 1.82) is 0 Å². The molecule has 5 fully saturated rings. The Hall–Kier alpha value is -2.74. The van der Waals surface area contributed by atoms with Crippen molar-refractivity contribution in [1.82, 2.24) is 14.2 Å². The van der Waals surface area contributed by atoms with E-state index < -0.39 is 268 Å². The molecule has 0 aromatic carbocycles. The van der Waals surface area contributed by atoms with E-state index in [2.05, 4.69) is 20.9 Å². The Labute approximate surface area is 502 Å². The van der Waals surface area contributed by atoms with Crippen molar-refractivity contribution in [2.45, 2.75) is 153 Å². The maximum atomic E-state index is 12.9. The van der Waals surface area contributed by atoms with Gasteiger partial charge in [-0.15, -0.1) is 0 Å². The van der Waals surface area contributed by atoms with E-state index in [0.29, 0.717) is 0 Å². The largest absolute Gasteiger partial charge is 0.479 e. The molecule has 5 saturated heterocycles. The zero-order valence-electron chi connectivity index (χ0n) is 43.0.